The highest BCUT2D eigenvalue weighted by atomic mass is 16.2. The Morgan fingerprint density at radius 1 is 1.00 bits per heavy atom. The first kappa shape index (κ1) is 17.8. The molecule has 1 aromatic carbocycles. The maximum Gasteiger partial charge on any atom is 0.233 e. The molecular formula is C20H29N3O2. The van der Waals surface area contributed by atoms with Crippen LogP contribution in [0.25, 0.3) is 0 Å². The van der Waals surface area contributed by atoms with E-state index in [0.29, 0.717) is 5.92 Å². The van der Waals surface area contributed by atoms with Crippen molar-refractivity contribution in [2.24, 2.45) is 5.92 Å². The molecule has 136 valence electrons. The van der Waals surface area contributed by atoms with Gasteiger partial charge in [0.2, 0.25) is 11.8 Å². The summed E-state index contributed by atoms with van der Waals surface area (Å²) in [4.78, 5) is 28.6. The summed E-state index contributed by atoms with van der Waals surface area (Å²) < 4.78 is 0. The molecule has 2 fully saturated rings. The van der Waals surface area contributed by atoms with Crippen molar-refractivity contribution in [2.75, 3.05) is 36.4 Å². The lowest BCUT2D eigenvalue weighted by Gasteiger charge is -2.30. The maximum atomic E-state index is 12.2. The van der Waals surface area contributed by atoms with Crippen LogP contribution in [0.1, 0.15) is 45.4 Å². The van der Waals surface area contributed by atoms with Crippen LogP contribution in [0.4, 0.5) is 11.4 Å². The van der Waals surface area contributed by atoms with Gasteiger partial charge in [0.05, 0.1) is 0 Å². The van der Waals surface area contributed by atoms with Gasteiger partial charge in [-0.05, 0) is 62.3 Å². The molecule has 1 N–H and O–H groups in total. The molecule has 25 heavy (non-hydrogen) atoms. The summed E-state index contributed by atoms with van der Waals surface area (Å²) >= 11 is 0. The van der Waals surface area contributed by atoms with Gasteiger partial charge < -0.3 is 15.1 Å². The lowest BCUT2D eigenvalue weighted by Crippen LogP contribution is -2.39. The minimum atomic E-state index is -0.227. The Kier molecular flexibility index (Phi) is 5.95. The smallest absolute Gasteiger partial charge is 0.233 e. The molecule has 0 unspecified atom stereocenters. The second-order valence-corrected chi connectivity index (χ2v) is 7.38. The summed E-state index contributed by atoms with van der Waals surface area (Å²) in [6.45, 7) is 5.97. The highest BCUT2D eigenvalue weighted by Crippen LogP contribution is 2.22. The van der Waals surface area contributed by atoms with Crippen LogP contribution in [0, 0.1) is 5.92 Å². The molecule has 2 heterocycles. The highest BCUT2D eigenvalue weighted by Gasteiger charge is 2.22. The van der Waals surface area contributed by atoms with Gasteiger partial charge in [0.1, 0.15) is 6.42 Å². The molecule has 3 rings (SSSR count). The van der Waals surface area contributed by atoms with E-state index in [1.807, 2.05) is 17.0 Å². The Morgan fingerprint density at radius 3 is 2.28 bits per heavy atom. The van der Waals surface area contributed by atoms with E-state index < -0.39 is 0 Å². The molecule has 0 aliphatic carbocycles. The Labute approximate surface area is 150 Å². The topological polar surface area (TPSA) is 52.7 Å². The van der Waals surface area contributed by atoms with E-state index in [1.54, 1.807) is 0 Å². The van der Waals surface area contributed by atoms with Crippen LogP contribution in [0.3, 0.4) is 0 Å². The van der Waals surface area contributed by atoms with Gasteiger partial charge in [0, 0.05) is 37.6 Å². The Balaban J connectivity index is 1.48. The van der Waals surface area contributed by atoms with E-state index >= 15 is 0 Å². The summed E-state index contributed by atoms with van der Waals surface area (Å²) in [6, 6.07) is 7.95. The fraction of sp³-hybridized carbons (Fsp3) is 0.600. The molecule has 0 spiro atoms. The molecule has 2 aliphatic heterocycles. The molecule has 2 aliphatic rings. The zero-order valence-electron chi connectivity index (χ0n) is 15.2. The average molecular weight is 343 g/mol. The zero-order chi connectivity index (χ0) is 17.6. The van der Waals surface area contributed by atoms with Crippen molar-refractivity contribution in [1.82, 2.24) is 4.90 Å². The predicted molar refractivity (Wildman–Crippen MR) is 101 cm³/mol. The number of hydrogen-bond acceptors (Lipinski definition) is 3. The Bertz CT molecular complexity index is 585. The van der Waals surface area contributed by atoms with Gasteiger partial charge in [-0.3, -0.25) is 9.59 Å². The van der Waals surface area contributed by atoms with E-state index in [1.165, 1.54) is 24.9 Å². The quantitative estimate of drug-likeness (QED) is 0.854. The average Bonchev–Trinajstić information content (AvgIpc) is 2.63. The maximum absolute atomic E-state index is 12.2. The molecule has 5 heteroatoms. The van der Waals surface area contributed by atoms with Crippen molar-refractivity contribution < 1.29 is 9.59 Å². The first-order valence-corrected chi connectivity index (χ1v) is 9.54. The van der Waals surface area contributed by atoms with E-state index in [-0.39, 0.29) is 18.2 Å². The SMILES string of the molecule is CC1CCN(C(=O)CC(=O)Nc2ccc(N3CCCCC3)cc2)CC1. The fourth-order valence-corrected chi connectivity index (χ4v) is 3.62. The van der Waals surface area contributed by atoms with Crippen LogP contribution in [0.2, 0.25) is 0 Å². The van der Waals surface area contributed by atoms with Crippen molar-refractivity contribution in [3.05, 3.63) is 24.3 Å². The van der Waals surface area contributed by atoms with Gasteiger partial charge in [-0.1, -0.05) is 6.92 Å². The number of rotatable bonds is 4. The second-order valence-electron chi connectivity index (χ2n) is 7.38. The third-order valence-electron chi connectivity index (χ3n) is 5.32. The summed E-state index contributed by atoms with van der Waals surface area (Å²) in [7, 11) is 0. The number of carbonyl (C=O) groups is 2. The number of carbonyl (C=O) groups excluding carboxylic acids is 2. The van der Waals surface area contributed by atoms with Gasteiger partial charge >= 0.3 is 0 Å². The molecule has 5 nitrogen and oxygen atoms in total. The summed E-state index contributed by atoms with van der Waals surface area (Å²) in [6.07, 6.45) is 5.80. The van der Waals surface area contributed by atoms with Crippen LogP contribution in [0.5, 0.6) is 0 Å². The highest BCUT2D eigenvalue weighted by molar-refractivity contribution is 6.03. The molecule has 2 amide bonds. The molecule has 0 aromatic heterocycles. The number of benzene rings is 1. The van der Waals surface area contributed by atoms with Gasteiger partial charge in [-0.25, -0.2) is 0 Å². The summed E-state index contributed by atoms with van der Waals surface area (Å²) in [5, 5.41) is 2.85. The number of hydrogen-bond donors (Lipinski definition) is 1. The third-order valence-corrected chi connectivity index (χ3v) is 5.32. The standard InChI is InChI=1S/C20H29N3O2/c1-16-9-13-23(14-10-16)20(25)15-19(24)21-17-5-7-18(8-6-17)22-11-3-2-4-12-22/h5-8,16H,2-4,9-15H2,1H3,(H,21,24). The first-order chi connectivity index (χ1) is 12.1. The second kappa shape index (κ2) is 8.37. The lowest BCUT2D eigenvalue weighted by atomic mass is 9.99. The minimum absolute atomic E-state index is 0.0608. The van der Waals surface area contributed by atoms with Crippen LogP contribution >= 0.6 is 0 Å². The summed E-state index contributed by atoms with van der Waals surface area (Å²) in [5.74, 6) is 0.389. The molecule has 0 bridgehead atoms. The largest absolute Gasteiger partial charge is 0.372 e. The van der Waals surface area contributed by atoms with Gasteiger partial charge in [0.25, 0.3) is 0 Å². The minimum Gasteiger partial charge on any atom is -0.372 e. The molecule has 0 atom stereocenters. The molecule has 1 aromatic rings. The van der Waals surface area contributed by atoms with E-state index in [0.717, 1.165) is 44.7 Å². The molecular weight excluding hydrogens is 314 g/mol. The predicted octanol–water partition coefficient (Wildman–Crippen LogP) is 3.26. The summed E-state index contributed by atoms with van der Waals surface area (Å²) in [5.41, 5.74) is 1.96. The van der Waals surface area contributed by atoms with Crippen molar-refractivity contribution in [1.29, 1.82) is 0 Å². The van der Waals surface area contributed by atoms with Crippen LogP contribution in [-0.2, 0) is 9.59 Å². The van der Waals surface area contributed by atoms with Gasteiger partial charge in [-0.2, -0.15) is 0 Å². The fourth-order valence-electron chi connectivity index (χ4n) is 3.62. The normalized spacial score (nSPS) is 18.9. The van der Waals surface area contributed by atoms with E-state index in [4.69, 9.17) is 0 Å². The molecule has 2 saturated heterocycles. The first-order valence-electron chi connectivity index (χ1n) is 9.54. The lowest BCUT2D eigenvalue weighted by molar-refractivity contribution is -0.135. The third kappa shape index (κ3) is 4.97. The van der Waals surface area contributed by atoms with Crippen LogP contribution in [-0.4, -0.2) is 42.9 Å². The number of nitrogens with zero attached hydrogens (tertiary/aromatic N) is 2. The number of piperidine rings is 2. The zero-order valence-corrected chi connectivity index (χ0v) is 15.2. The Morgan fingerprint density at radius 2 is 1.64 bits per heavy atom. The Hall–Kier alpha value is -2.04. The van der Waals surface area contributed by atoms with Crippen molar-refractivity contribution in [3.63, 3.8) is 0 Å². The van der Waals surface area contributed by atoms with E-state index in [9.17, 15) is 9.59 Å². The van der Waals surface area contributed by atoms with Gasteiger partial charge in [-0.15, -0.1) is 0 Å². The molecule has 0 saturated carbocycles. The van der Waals surface area contributed by atoms with Crippen molar-refractivity contribution >= 4 is 23.2 Å². The number of amides is 2. The van der Waals surface area contributed by atoms with Gasteiger partial charge in [0.15, 0.2) is 0 Å². The van der Waals surface area contributed by atoms with Crippen molar-refractivity contribution in [3.8, 4) is 0 Å². The number of likely N-dealkylation sites (tertiary alicyclic amines) is 1. The van der Waals surface area contributed by atoms with E-state index in [2.05, 4.69) is 29.3 Å². The monoisotopic (exact) mass is 343 g/mol. The van der Waals surface area contributed by atoms with Crippen LogP contribution in [0.15, 0.2) is 24.3 Å². The number of anilines is 2. The van der Waals surface area contributed by atoms with Crippen LogP contribution < -0.4 is 10.2 Å². The number of nitrogens with one attached hydrogen (secondary N) is 1. The molecule has 0 radical (unpaired) electrons. The van der Waals surface area contributed by atoms with Crippen molar-refractivity contribution in [2.45, 2.75) is 45.4 Å².